The van der Waals surface area contributed by atoms with Gasteiger partial charge in [0.25, 0.3) is 5.91 Å². The van der Waals surface area contributed by atoms with Crippen molar-refractivity contribution < 1.29 is 14.3 Å². The number of hydrogen-bond acceptors (Lipinski definition) is 4. The Morgan fingerprint density at radius 2 is 1.85 bits per heavy atom. The lowest BCUT2D eigenvalue weighted by molar-refractivity contribution is -0.139. The fourth-order valence-electron chi connectivity index (χ4n) is 2.21. The second-order valence-corrected chi connectivity index (χ2v) is 5.07. The van der Waals surface area contributed by atoms with Crippen molar-refractivity contribution in [3.63, 3.8) is 0 Å². The number of amides is 1. The van der Waals surface area contributed by atoms with Crippen molar-refractivity contribution in [1.82, 2.24) is 9.80 Å². The van der Waals surface area contributed by atoms with Gasteiger partial charge in [-0.2, -0.15) is 0 Å². The zero-order valence-corrected chi connectivity index (χ0v) is 12.3. The van der Waals surface area contributed by atoms with Crippen molar-refractivity contribution >= 4 is 5.91 Å². The molecule has 0 saturated carbocycles. The summed E-state index contributed by atoms with van der Waals surface area (Å²) < 4.78 is 10.9. The molecular weight excluding hydrogens is 256 g/mol. The van der Waals surface area contributed by atoms with Crippen molar-refractivity contribution in [2.45, 2.75) is 13.0 Å². The molecule has 1 aromatic rings. The van der Waals surface area contributed by atoms with Gasteiger partial charge in [0.05, 0.1) is 7.11 Å². The molecule has 1 aliphatic heterocycles. The molecule has 0 N–H and O–H groups in total. The van der Waals surface area contributed by atoms with Crippen LogP contribution in [0.15, 0.2) is 24.3 Å². The van der Waals surface area contributed by atoms with E-state index in [-0.39, 0.29) is 5.91 Å². The molecule has 20 heavy (non-hydrogen) atoms. The van der Waals surface area contributed by atoms with E-state index in [2.05, 4.69) is 11.9 Å². The zero-order valence-electron chi connectivity index (χ0n) is 12.3. The second kappa shape index (κ2) is 6.61. The number of rotatable bonds is 4. The highest BCUT2D eigenvalue weighted by Gasteiger charge is 2.24. The number of likely N-dealkylation sites (N-methyl/N-ethyl adjacent to an activating group) is 1. The van der Waals surface area contributed by atoms with Gasteiger partial charge in [-0.05, 0) is 26.1 Å². The summed E-state index contributed by atoms with van der Waals surface area (Å²) in [6, 6.07) is 7.31. The first kappa shape index (κ1) is 14.7. The summed E-state index contributed by atoms with van der Waals surface area (Å²) in [7, 11) is 3.68. The number of methoxy groups -OCH3 is 1. The van der Waals surface area contributed by atoms with Crippen LogP contribution in [0.25, 0.3) is 0 Å². The Balaban J connectivity index is 1.93. The molecule has 1 saturated heterocycles. The van der Waals surface area contributed by atoms with Gasteiger partial charge in [-0.1, -0.05) is 6.07 Å². The monoisotopic (exact) mass is 278 g/mol. The maximum absolute atomic E-state index is 12.3. The minimum absolute atomic E-state index is 0.0425. The summed E-state index contributed by atoms with van der Waals surface area (Å²) in [5.74, 6) is 1.42. The highest BCUT2D eigenvalue weighted by Crippen LogP contribution is 2.20. The Morgan fingerprint density at radius 3 is 2.50 bits per heavy atom. The van der Waals surface area contributed by atoms with E-state index >= 15 is 0 Å². The van der Waals surface area contributed by atoms with E-state index in [9.17, 15) is 4.79 Å². The van der Waals surface area contributed by atoms with Crippen LogP contribution in [0.3, 0.4) is 0 Å². The van der Waals surface area contributed by atoms with E-state index in [4.69, 9.17) is 9.47 Å². The van der Waals surface area contributed by atoms with E-state index < -0.39 is 6.10 Å². The van der Waals surface area contributed by atoms with Crippen molar-refractivity contribution in [2.24, 2.45) is 0 Å². The molecular formula is C15H22N2O3. The molecule has 1 aromatic carbocycles. The van der Waals surface area contributed by atoms with Crippen LogP contribution in [0.5, 0.6) is 11.5 Å². The lowest BCUT2D eigenvalue weighted by Gasteiger charge is -2.33. The third-order valence-corrected chi connectivity index (χ3v) is 3.52. The maximum atomic E-state index is 12.3. The summed E-state index contributed by atoms with van der Waals surface area (Å²) in [6.45, 7) is 5.15. The summed E-state index contributed by atoms with van der Waals surface area (Å²) in [5, 5.41) is 0. The van der Waals surface area contributed by atoms with Gasteiger partial charge in [0.1, 0.15) is 11.5 Å². The van der Waals surface area contributed by atoms with Gasteiger partial charge in [-0.3, -0.25) is 4.79 Å². The predicted molar refractivity (Wildman–Crippen MR) is 77.2 cm³/mol. The maximum Gasteiger partial charge on any atom is 0.263 e. The van der Waals surface area contributed by atoms with Crippen molar-refractivity contribution in [1.29, 1.82) is 0 Å². The van der Waals surface area contributed by atoms with Gasteiger partial charge >= 0.3 is 0 Å². The quantitative estimate of drug-likeness (QED) is 0.831. The first-order valence-electron chi connectivity index (χ1n) is 6.88. The number of ether oxygens (including phenoxy) is 2. The molecule has 1 amide bonds. The minimum Gasteiger partial charge on any atom is -0.497 e. The van der Waals surface area contributed by atoms with Gasteiger partial charge in [0, 0.05) is 32.2 Å². The molecule has 5 heteroatoms. The van der Waals surface area contributed by atoms with Gasteiger partial charge in [-0.25, -0.2) is 0 Å². The molecule has 0 aromatic heterocycles. The Kier molecular flexibility index (Phi) is 4.84. The smallest absolute Gasteiger partial charge is 0.263 e. The zero-order chi connectivity index (χ0) is 14.5. The molecule has 0 bridgehead atoms. The lowest BCUT2D eigenvalue weighted by Crippen LogP contribution is -2.50. The molecule has 5 nitrogen and oxygen atoms in total. The van der Waals surface area contributed by atoms with E-state index in [1.54, 1.807) is 20.1 Å². The van der Waals surface area contributed by atoms with Crippen LogP contribution >= 0.6 is 0 Å². The number of carbonyl (C=O) groups is 1. The molecule has 1 fully saturated rings. The van der Waals surface area contributed by atoms with E-state index in [0.717, 1.165) is 31.9 Å². The number of carbonyl (C=O) groups excluding carboxylic acids is 1. The van der Waals surface area contributed by atoms with Crippen LogP contribution < -0.4 is 9.47 Å². The highest BCUT2D eigenvalue weighted by molar-refractivity contribution is 5.81. The van der Waals surface area contributed by atoms with Gasteiger partial charge in [-0.15, -0.1) is 0 Å². The largest absolute Gasteiger partial charge is 0.497 e. The third-order valence-electron chi connectivity index (χ3n) is 3.52. The third kappa shape index (κ3) is 3.63. The van der Waals surface area contributed by atoms with Gasteiger partial charge < -0.3 is 19.3 Å². The number of piperazine rings is 1. The Hall–Kier alpha value is -1.75. The number of hydrogen-bond donors (Lipinski definition) is 0. The second-order valence-electron chi connectivity index (χ2n) is 5.07. The van der Waals surface area contributed by atoms with E-state index in [1.807, 2.05) is 23.1 Å². The number of nitrogens with zero attached hydrogens (tertiary/aromatic N) is 2. The first-order valence-corrected chi connectivity index (χ1v) is 6.88. The molecule has 0 aliphatic carbocycles. The molecule has 0 spiro atoms. The van der Waals surface area contributed by atoms with E-state index in [1.165, 1.54) is 0 Å². The van der Waals surface area contributed by atoms with E-state index in [0.29, 0.717) is 5.75 Å². The van der Waals surface area contributed by atoms with Gasteiger partial charge in [0.2, 0.25) is 0 Å². The average Bonchev–Trinajstić information content (AvgIpc) is 2.47. The van der Waals surface area contributed by atoms with Crippen molar-refractivity contribution in [3.8, 4) is 11.5 Å². The Labute approximate surface area is 120 Å². The molecule has 110 valence electrons. The van der Waals surface area contributed by atoms with Crippen LogP contribution in [0.4, 0.5) is 0 Å². The molecule has 0 radical (unpaired) electrons. The van der Waals surface area contributed by atoms with Crippen LogP contribution in [0, 0.1) is 0 Å². The van der Waals surface area contributed by atoms with Crippen molar-refractivity contribution in [2.75, 3.05) is 40.3 Å². The number of benzene rings is 1. The average molecular weight is 278 g/mol. The van der Waals surface area contributed by atoms with Crippen LogP contribution in [-0.4, -0.2) is 62.1 Å². The SMILES string of the molecule is COc1cccc(O[C@@H](C)C(=O)N2CCN(C)CC2)c1. The molecule has 1 atom stereocenters. The highest BCUT2D eigenvalue weighted by atomic mass is 16.5. The van der Waals surface area contributed by atoms with Gasteiger partial charge in [0.15, 0.2) is 6.10 Å². The molecule has 1 heterocycles. The summed E-state index contributed by atoms with van der Waals surface area (Å²) in [6.07, 6.45) is -0.481. The van der Waals surface area contributed by atoms with Crippen molar-refractivity contribution in [3.05, 3.63) is 24.3 Å². The topological polar surface area (TPSA) is 42.0 Å². The fourth-order valence-corrected chi connectivity index (χ4v) is 2.21. The van der Waals surface area contributed by atoms with Crippen LogP contribution in [-0.2, 0) is 4.79 Å². The first-order chi connectivity index (χ1) is 9.60. The lowest BCUT2D eigenvalue weighted by atomic mass is 10.2. The van der Waals surface area contributed by atoms with Crippen LogP contribution in [0.1, 0.15) is 6.92 Å². The Bertz CT molecular complexity index is 456. The predicted octanol–water partition coefficient (Wildman–Crippen LogP) is 1.24. The summed E-state index contributed by atoms with van der Waals surface area (Å²) in [4.78, 5) is 16.4. The molecule has 1 aliphatic rings. The molecule has 0 unspecified atom stereocenters. The minimum atomic E-state index is -0.481. The Morgan fingerprint density at radius 1 is 1.20 bits per heavy atom. The fraction of sp³-hybridized carbons (Fsp3) is 0.533. The summed E-state index contributed by atoms with van der Waals surface area (Å²) in [5.41, 5.74) is 0. The summed E-state index contributed by atoms with van der Waals surface area (Å²) >= 11 is 0. The standard InChI is InChI=1S/C15H22N2O3/c1-12(15(18)17-9-7-16(2)8-10-17)20-14-6-4-5-13(11-14)19-3/h4-6,11-12H,7-10H2,1-3H3/t12-/m0/s1. The normalized spacial score (nSPS) is 17.6. The van der Waals surface area contributed by atoms with Crippen LogP contribution in [0.2, 0.25) is 0 Å². The molecule has 2 rings (SSSR count).